The van der Waals surface area contributed by atoms with Crippen molar-refractivity contribution in [2.24, 2.45) is 0 Å². The van der Waals surface area contributed by atoms with E-state index in [-0.39, 0.29) is 25.3 Å². The van der Waals surface area contributed by atoms with Gasteiger partial charge in [-0.25, -0.2) is 4.98 Å². The number of carbonyl (C=O) groups excluding carboxylic acids is 1. The molecule has 0 spiro atoms. The van der Waals surface area contributed by atoms with Gasteiger partial charge >= 0.3 is 5.97 Å². The van der Waals surface area contributed by atoms with Crippen LogP contribution in [0.4, 0.5) is 0 Å². The molecule has 0 N–H and O–H groups in total. The second-order valence-electron chi connectivity index (χ2n) is 5.31. The molecule has 6 nitrogen and oxygen atoms in total. The molecule has 2 aromatic carbocycles. The van der Waals surface area contributed by atoms with Gasteiger partial charge in [0.2, 0.25) is 0 Å². The van der Waals surface area contributed by atoms with E-state index in [1.807, 2.05) is 0 Å². The third kappa shape index (κ3) is 4.15. The number of hydrogen-bond donors (Lipinski definition) is 0. The van der Waals surface area contributed by atoms with Crippen LogP contribution in [-0.2, 0) is 16.1 Å². The van der Waals surface area contributed by atoms with Crippen LogP contribution in [0.25, 0.3) is 10.9 Å². The first-order chi connectivity index (χ1) is 12.6. The number of benzene rings is 2. The second kappa shape index (κ2) is 8.21. The van der Waals surface area contributed by atoms with E-state index in [0.29, 0.717) is 26.7 Å². The molecule has 8 heteroatoms. The van der Waals surface area contributed by atoms with Crippen molar-refractivity contribution in [3.05, 3.63) is 69.2 Å². The summed E-state index contributed by atoms with van der Waals surface area (Å²) < 4.78 is 11.7. The van der Waals surface area contributed by atoms with Gasteiger partial charge in [0.05, 0.1) is 27.3 Å². The minimum Gasteiger partial charge on any atom is -0.487 e. The van der Waals surface area contributed by atoms with Crippen LogP contribution in [0.5, 0.6) is 5.75 Å². The molecule has 0 radical (unpaired) electrons. The minimum atomic E-state index is -0.571. The van der Waals surface area contributed by atoms with Crippen molar-refractivity contribution in [3.63, 3.8) is 0 Å². The Balaban J connectivity index is 1.55. The van der Waals surface area contributed by atoms with Crippen molar-refractivity contribution in [1.82, 2.24) is 9.55 Å². The van der Waals surface area contributed by atoms with Crippen molar-refractivity contribution in [2.75, 3.05) is 13.2 Å². The maximum Gasteiger partial charge on any atom is 0.326 e. The van der Waals surface area contributed by atoms with Crippen LogP contribution in [0.3, 0.4) is 0 Å². The molecule has 0 amide bonds. The van der Waals surface area contributed by atoms with Crippen LogP contribution in [0, 0.1) is 0 Å². The van der Waals surface area contributed by atoms with Crippen LogP contribution in [-0.4, -0.2) is 28.7 Å². The lowest BCUT2D eigenvalue weighted by Crippen LogP contribution is -2.26. The Bertz CT molecular complexity index is 984. The third-order valence-electron chi connectivity index (χ3n) is 3.54. The van der Waals surface area contributed by atoms with Gasteiger partial charge in [-0.05, 0) is 24.3 Å². The van der Waals surface area contributed by atoms with Gasteiger partial charge in [-0.15, -0.1) is 0 Å². The van der Waals surface area contributed by atoms with Crippen molar-refractivity contribution in [2.45, 2.75) is 6.54 Å². The Morgan fingerprint density at radius 3 is 2.54 bits per heavy atom. The number of fused-ring (bicyclic) bond motifs is 1. The van der Waals surface area contributed by atoms with E-state index in [0.717, 1.165) is 0 Å². The molecule has 0 saturated carbocycles. The van der Waals surface area contributed by atoms with E-state index in [2.05, 4.69) is 4.98 Å². The molecule has 0 aliphatic rings. The topological polar surface area (TPSA) is 70.4 Å². The monoisotopic (exact) mass is 392 g/mol. The van der Waals surface area contributed by atoms with Gasteiger partial charge in [-0.2, -0.15) is 0 Å². The number of nitrogens with zero attached hydrogens (tertiary/aromatic N) is 2. The predicted molar refractivity (Wildman–Crippen MR) is 98.9 cm³/mol. The summed E-state index contributed by atoms with van der Waals surface area (Å²) in [5.41, 5.74) is 0.277. The molecule has 0 aliphatic carbocycles. The van der Waals surface area contributed by atoms with Gasteiger partial charge in [0.25, 0.3) is 5.56 Å². The predicted octanol–water partition coefficient (Wildman–Crippen LogP) is 3.33. The van der Waals surface area contributed by atoms with E-state index >= 15 is 0 Å². The average molecular weight is 393 g/mol. The number of aromatic nitrogens is 2. The lowest BCUT2D eigenvalue weighted by atomic mass is 10.2. The van der Waals surface area contributed by atoms with E-state index in [9.17, 15) is 9.59 Å². The summed E-state index contributed by atoms with van der Waals surface area (Å²) in [7, 11) is 0. The SMILES string of the molecule is O=C(Cn1cnc2ccccc2c1=O)OCCOc1c(Cl)cccc1Cl. The van der Waals surface area contributed by atoms with Gasteiger partial charge in [-0.1, -0.05) is 41.4 Å². The molecule has 0 fully saturated rings. The van der Waals surface area contributed by atoms with Crippen LogP contribution in [0.2, 0.25) is 10.0 Å². The molecule has 26 heavy (non-hydrogen) atoms. The van der Waals surface area contributed by atoms with Crippen molar-refractivity contribution >= 4 is 40.1 Å². The first-order valence-corrected chi connectivity index (χ1v) is 8.48. The highest BCUT2D eigenvalue weighted by Gasteiger charge is 2.10. The zero-order valence-electron chi connectivity index (χ0n) is 13.5. The van der Waals surface area contributed by atoms with Crippen LogP contribution < -0.4 is 10.3 Å². The Kier molecular flexibility index (Phi) is 5.75. The summed E-state index contributed by atoms with van der Waals surface area (Å²) in [4.78, 5) is 28.4. The van der Waals surface area contributed by atoms with E-state index in [1.54, 1.807) is 42.5 Å². The highest BCUT2D eigenvalue weighted by molar-refractivity contribution is 6.37. The molecule has 1 heterocycles. The minimum absolute atomic E-state index is 0.00382. The fraction of sp³-hybridized carbons (Fsp3) is 0.167. The number of para-hydroxylation sites is 2. The van der Waals surface area contributed by atoms with Gasteiger partial charge in [-0.3, -0.25) is 14.2 Å². The molecular weight excluding hydrogens is 379 g/mol. The Labute approximate surface area is 158 Å². The molecule has 1 aromatic heterocycles. The summed E-state index contributed by atoms with van der Waals surface area (Å²) in [6.45, 7) is -0.153. The second-order valence-corrected chi connectivity index (χ2v) is 6.13. The van der Waals surface area contributed by atoms with E-state index < -0.39 is 5.97 Å². The van der Waals surface area contributed by atoms with Gasteiger partial charge in [0.15, 0.2) is 5.75 Å². The smallest absolute Gasteiger partial charge is 0.326 e. The lowest BCUT2D eigenvalue weighted by molar-refractivity contribution is -0.145. The molecule has 0 saturated heterocycles. The maximum absolute atomic E-state index is 12.3. The van der Waals surface area contributed by atoms with E-state index in [1.165, 1.54) is 10.9 Å². The third-order valence-corrected chi connectivity index (χ3v) is 4.14. The zero-order chi connectivity index (χ0) is 18.5. The van der Waals surface area contributed by atoms with Crippen LogP contribution >= 0.6 is 23.2 Å². The van der Waals surface area contributed by atoms with E-state index in [4.69, 9.17) is 32.7 Å². The Morgan fingerprint density at radius 1 is 1.04 bits per heavy atom. The van der Waals surface area contributed by atoms with Crippen LogP contribution in [0.1, 0.15) is 0 Å². The highest BCUT2D eigenvalue weighted by atomic mass is 35.5. The molecule has 0 aliphatic heterocycles. The Hall–Kier alpha value is -2.57. The molecular formula is C18H14Cl2N2O4. The number of carbonyl (C=O) groups is 1. The quantitative estimate of drug-likeness (QED) is 0.475. The van der Waals surface area contributed by atoms with Crippen molar-refractivity contribution in [1.29, 1.82) is 0 Å². The first-order valence-electron chi connectivity index (χ1n) is 7.73. The zero-order valence-corrected chi connectivity index (χ0v) is 15.0. The number of hydrogen-bond acceptors (Lipinski definition) is 5. The fourth-order valence-electron chi connectivity index (χ4n) is 2.32. The standard InChI is InChI=1S/C18H14Cl2N2O4/c19-13-5-3-6-14(20)17(13)26-9-8-25-16(23)10-22-11-21-15-7-2-1-4-12(15)18(22)24/h1-7,11H,8-10H2. The average Bonchev–Trinajstić information content (AvgIpc) is 2.63. The van der Waals surface area contributed by atoms with Gasteiger partial charge in [0.1, 0.15) is 19.8 Å². The summed E-state index contributed by atoms with van der Waals surface area (Å²) in [5.74, 6) is -0.236. The van der Waals surface area contributed by atoms with Gasteiger partial charge < -0.3 is 9.47 Å². The molecule has 0 unspecified atom stereocenters. The number of esters is 1. The molecule has 134 valence electrons. The number of ether oxygens (including phenoxy) is 2. The highest BCUT2D eigenvalue weighted by Crippen LogP contribution is 2.32. The summed E-state index contributed by atoms with van der Waals surface area (Å²) in [6.07, 6.45) is 1.33. The normalized spacial score (nSPS) is 10.7. The maximum atomic E-state index is 12.3. The first kappa shape index (κ1) is 18.2. The van der Waals surface area contributed by atoms with Crippen molar-refractivity contribution in [3.8, 4) is 5.75 Å². The lowest BCUT2D eigenvalue weighted by Gasteiger charge is -2.10. The molecule has 3 aromatic rings. The summed E-state index contributed by atoms with van der Waals surface area (Å²) >= 11 is 12.0. The summed E-state index contributed by atoms with van der Waals surface area (Å²) in [5, 5.41) is 1.19. The summed E-state index contributed by atoms with van der Waals surface area (Å²) in [6, 6.07) is 11.9. The van der Waals surface area contributed by atoms with Crippen LogP contribution in [0.15, 0.2) is 53.6 Å². The molecule has 3 rings (SSSR count). The largest absolute Gasteiger partial charge is 0.487 e. The van der Waals surface area contributed by atoms with Gasteiger partial charge in [0, 0.05) is 0 Å². The number of halogens is 2. The van der Waals surface area contributed by atoms with Crippen molar-refractivity contribution < 1.29 is 14.3 Å². The fourth-order valence-corrected chi connectivity index (χ4v) is 2.83. The molecule has 0 atom stereocenters. The number of rotatable bonds is 6. The Morgan fingerprint density at radius 2 is 1.77 bits per heavy atom. The molecule has 0 bridgehead atoms.